The Labute approximate surface area is 144 Å². The van der Waals surface area contributed by atoms with Crippen molar-refractivity contribution in [2.24, 2.45) is 0 Å². The summed E-state index contributed by atoms with van der Waals surface area (Å²) >= 11 is 0. The van der Waals surface area contributed by atoms with E-state index in [2.05, 4.69) is 48.5 Å². The van der Waals surface area contributed by atoms with Gasteiger partial charge in [-0.1, -0.05) is 89.5 Å². The van der Waals surface area contributed by atoms with Crippen LogP contribution in [-0.4, -0.2) is 23.4 Å². The standard InChI is InChI=1S/C9H17NO.3C3H8.2CH4/c1-3-8-6-5-7-10(8)9(11)4-2;3*1-3-2;;/h8H,3-7H2,1-2H3;3*3H2,1-2H3;2*1H4. The molecule has 0 aromatic heterocycles. The monoisotopic (exact) mass is 319 g/mol. The lowest BCUT2D eigenvalue weighted by atomic mass is 10.2. The maximum absolute atomic E-state index is 11.3. The molecule has 22 heavy (non-hydrogen) atoms. The third-order valence-electron chi connectivity index (χ3n) is 2.47. The van der Waals surface area contributed by atoms with E-state index < -0.39 is 0 Å². The Morgan fingerprint density at radius 3 is 1.50 bits per heavy atom. The Balaban J connectivity index is -0.0000000746. The zero-order valence-electron chi connectivity index (χ0n) is 15.6. The maximum atomic E-state index is 11.3. The van der Waals surface area contributed by atoms with Crippen LogP contribution >= 0.6 is 0 Å². The van der Waals surface area contributed by atoms with Crippen molar-refractivity contribution in [1.82, 2.24) is 4.90 Å². The number of amides is 1. The molecular weight excluding hydrogens is 270 g/mol. The van der Waals surface area contributed by atoms with E-state index in [1.165, 1.54) is 32.1 Å². The first kappa shape index (κ1) is 33.2. The summed E-state index contributed by atoms with van der Waals surface area (Å²) in [5.41, 5.74) is 0. The van der Waals surface area contributed by atoms with Crippen molar-refractivity contribution in [3.63, 3.8) is 0 Å². The summed E-state index contributed by atoms with van der Waals surface area (Å²) in [5, 5.41) is 0. The summed E-state index contributed by atoms with van der Waals surface area (Å²) in [4.78, 5) is 13.4. The summed E-state index contributed by atoms with van der Waals surface area (Å²) in [6.45, 7) is 17.8. The van der Waals surface area contributed by atoms with E-state index in [1.807, 2.05) is 11.8 Å². The SMILES string of the molecule is C.C.CCC.CCC.CCC.CCC(=O)N1CCCC1CC. The van der Waals surface area contributed by atoms with Crippen LogP contribution in [0.4, 0.5) is 0 Å². The van der Waals surface area contributed by atoms with Crippen LogP contribution in [0, 0.1) is 0 Å². The lowest BCUT2D eigenvalue weighted by Gasteiger charge is -2.22. The second kappa shape index (κ2) is 28.6. The highest BCUT2D eigenvalue weighted by Crippen LogP contribution is 2.20. The van der Waals surface area contributed by atoms with Gasteiger partial charge < -0.3 is 4.90 Å². The number of rotatable bonds is 2. The summed E-state index contributed by atoms with van der Waals surface area (Å²) in [6.07, 6.45) is 7.94. The number of likely N-dealkylation sites (tertiary alicyclic amines) is 1. The molecule has 0 aliphatic carbocycles. The molecule has 0 saturated carbocycles. The van der Waals surface area contributed by atoms with E-state index in [4.69, 9.17) is 0 Å². The molecular formula is C20H49NO. The summed E-state index contributed by atoms with van der Waals surface area (Å²) in [7, 11) is 0. The van der Waals surface area contributed by atoms with Crippen LogP contribution in [0.3, 0.4) is 0 Å². The van der Waals surface area contributed by atoms with Gasteiger partial charge in [0.1, 0.15) is 0 Å². The molecule has 1 fully saturated rings. The summed E-state index contributed by atoms with van der Waals surface area (Å²) in [5.74, 6) is 0.328. The Kier molecular flexibility index (Phi) is 43.1. The fourth-order valence-electron chi connectivity index (χ4n) is 1.79. The molecule has 1 atom stereocenters. The van der Waals surface area contributed by atoms with Crippen molar-refractivity contribution in [1.29, 1.82) is 0 Å². The molecule has 1 rings (SSSR count). The summed E-state index contributed by atoms with van der Waals surface area (Å²) in [6, 6.07) is 0.544. The largest absolute Gasteiger partial charge is 0.340 e. The van der Waals surface area contributed by atoms with E-state index in [-0.39, 0.29) is 14.9 Å². The van der Waals surface area contributed by atoms with Gasteiger partial charge in [-0.15, -0.1) is 0 Å². The molecule has 2 heteroatoms. The highest BCUT2D eigenvalue weighted by molar-refractivity contribution is 5.76. The molecule has 1 unspecified atom stereocenters. The van der Waals surface area contributed by atoms with E-state index in [9.17, 15) is 4.79 Å². The predicted octanol–water partition coefficient (Wildman–Crippen LogP) is 7.32. The predicted molar refractivity (Wildman–Crippen MR) is 107 cm³/mol. The lowest BCUT2D eigenvalue weighted by molar-refractivity contribution is -0.131. The van der Waals surface area contributed by atoms with Gasteiger partial charge in [0, 0.05) is 19.0 Å². The molecule has 1 heterocycles. The van der Waals surface area contributed by atoms with E-state index >= 15 is 0 Å². The Morgan fingerprint density at radius 2 is 1.23 bits per heavy atom. The van der Waals surface area contributed by atoms with Crippen molar-refractivity contribution < 1.29 is 4.79 Å². The van der Waals surface area contributed by atoms with Crippen molar-refractivity contribution >= 4 is 5.91 Å². The first-order valence-electron chi connectivity index (χ1n) is 8.83. The van der Waals surface area contributed by atoms with Crippen LogP contribution < -0.4 is 0 Å². The lowest BCUT2D eigenvalue weighted by Crippen LogP contribution is -2.34. The minimum atomic E-state index is 0. The summed E-state index contributed by atoms with van der Waals surface area (Å²) < 4.78 is 0. The Bertz CT molecular complexity index is 176. The number of carbonyl (C=O) groups is 1. The zero-order valence-corrected chi connectivity index (χ0v) is 15.6. The molecule has 0 N–H and O–H groups in total. The molecule has 140 valence electrons. The molecule has 0 bridgehead atoms. The topological polar surface area (TPSA) is 20.3 Å². The fourth-order valence-corrected chi connectivity index (χ4v) is 1.79. The fraction of sp³-hybridized carbons (Fsp3) is 0.950. The van der Waals surface area contributed by atoms with Crippen molar-refractivity contribution in [3.8, 4) is 0 Å². The van der Waals surface area contributed by atoms with Crippen LogP contribution in [0.2, 0.25) is 0 Å². The molecule has 0 spiro atoms. The normalized spacial score (nSPS) is 14.5. The van der Waals surface area contributed by atoms with Crippen molar-refractivity contribution in [3.05, 3.63) is 0 Å². The van der Waals surface area contributed by atoms with Gasteiger partial charge in [-0.25, -0.2) is 0 Å². The number of nitrogens with zero attached hydrogens (tertiary/aromatic N) is 1. The van der Waals surface area contributed by atoms with Gasteiger partial charge in [0.25, 0.3) is 0 Å². The number of carbonyl (C=O) groups excluding carboxylic acids is 1. The molecule has 0 radical (unpaired) electrons. The Hall–Kier alpha value is -0.530. The third-order valence-corrected chi connectivity index (χ3v) is 2.47. The van der Waals surface area contributed by atoms with Gasteiger partial charge >= 0.3 is 0 Å². The van der Waals surface area contributed by atoms with Gasteiger partial charge in [0.2, 0.25) is 5.91 Å². The molecule has 0 aromatic rings. The van der Waals surface area contributed by atoms with E-state index in [0.717, 1.165) is 13.0 Å². The van der Waals surface area contributed by atoms with Crippen LogP contribution in [0.25, 0.3) is 0 Å². The minimum Gasteiger partial charge on any atom is -0.340 e. The molecule has 0 aromatic carbocycles. The number of hydrogen-bond acceptors (Lipinski definition) is 1. The molecule has 1 saturated heterocycles. The van der Waals surface area contributed by atoms with Crippen LogP contribution in [0.15, 0.2) is 0 Å². The van der Waals surface area contributed by atoms with Crippen LogP contribution in [0.5, 0.6) is 0 Å². The maximum Gasteiger partial charge on any atom is 0.222 e. The second-order valence-electron chi connectivity index (χ2n) is 5.27. The van der Waals surface area contributed by atoms with Crippen molar-refractivity contribution in [2.75, 3.05) is 6.54 Å². The first-order chi connectivity index (χ1) is 9.53. The quantitative estimate of drug-likeness (QED) is 0.522. The molecule has 1 aliphatic heterocycles. The van der Waals surface area contributed by atoms with Gasteiger partial charge in [-0.3, -0.25) is 4.79 Å². The third kappa shape index (κ3) is 21.8. The highest BCUT2D eigenvalue weighted by atomic mass is 16.2. The minimum absolute atomic E-state index is 0. The van der Waals surface area contributed by atoms with Gasteiger partial charge in [0.05, 0.1) is 0 Å². The Morgan fingerprint density at radius 1 is 0.864 bits per heavy atom. The number of hydrogen-bond donors (Lipinski definition) is 0. The zero-order chi connectivity index (χ0) is 16.4. The van der Waals surface area contributed by atoms with Crippen LogP contribution in [-0.2, 0) is 4.79 Å². The van der Waals surface area contributed by atoms with Gasteiger partial charge in [0.15, 0.2) is 0 Å². The second-order valence-corrected chi connectivity index (χ2v) is 5.27. The van der Waals surface area contributed by atoms with Crippen molar-refractivity contribution in [2.45, 2.75) is 121 Å². The molecule has 1 amide bonds. The van der Waals surface area contributed by atoms with Crippen LogP contribution in [0.1, 0.15) is 115 Å². The van der Waals surface area contributed by atoms with E-state index in [1.54, 1.807) is 0 Å². The molecule has 1 aliphatic rings. The average molecular weight is 320 g/mol. The van der Waals surface area contributed by atoms with Gasteiger partial charge in [-0.2, -0.15) is 0 Å². The van der Waals surface area contributed by atoms with Gasteiger partial charge in [-0.05, 0) is 19.3 Å². The highest BCUT2D eigenvalue weighted by Gasteiger charge is 2.25. The van der Waals surface area contributed by atoms with E-state index in [0.29, 0.717) is 18.4 Å². The smallest absolute Gasteiger partial charge is 0.222 e. The average Bonchev–Trinajstić information content (AvgIpc) is 2.89. The first-order valence-corrected chi connectivity index (χ1v) is 8.83. The molecule has 2 nitrogen and oxygen atoms in total.